The van der Waals surface area contributed by atoms with E-state index in [4.69, 9.17) is 4.74 Å². The topological polar surface area (TPSA) is 66.8 Å². The molecule has 0 fully saturated rings. The lowest BCUT2D eigenvalue weighted by molar-refractivity contribution is -0.116. The van der Waals surface area contributed by atoms with Gasteiger partial charge in [0.15, 0.2) is 0 Å². The molecule has 0 aliphatic carbocycles. The highest BCUT2D eigenvalue weighted by atomic mass is 32.1. The molecule has 1 N–H and O–H groups in total. The van der Waals surface area contributed by atoms with Gasteiger partial charge in [0, 0.05) is 17.0 Å². The Hall–Kier alpha value is -2.86. The Labute approximate surface area is 149 Å². The average molecular weight is 355 g/mol. The fourth-order valence-electron chi connectivity index (χ4n) is 2.65. The number of carbonyl (C=O) groups is 2. The van der Waals surface area contributed by atoms with Crippen LogP contribution in [-0.2, 0) is 16.1 Å². The lowest BCUT2D eigenvalue weighted by atomic mass is 10.1. The molecule has 0 bridgehead atoms. The maximum atomic E-state index is 12.4. The van der Waals surface area contributed by atoms with E-state index in [1.807, 2.05) is 30.3 Å². The molecule has 2 aromatic carbocycles. The lowest BCUT2D eigenvalue weighted by Crippen LogP contribution is -2.28. The molecular weight excluding hydrogens is 338 g/mol. The minimum atomic E-state index is -0.508. The molecule has 0 spiro atoms. The molecule has 0 saturated heterocycles. The predicted octanol–water partition coefficient (Wildman–Crippen LogP) is 3.95. The first kappa shape index (κ1) is 17.0. The Morgan fingerprint density at radius 3 is 2.52 bits per heavy atom. The second-order valence-electron chi connectivity index (χ2n) is 5.55. The maximum absolute atomic E-state index is 12.4. The van der Waals surface area contributed by atoms with Crippen LogP contribution in [0, 0.1) is 0 Å². The number of ether oxygens (including phenoxy) is 1. The van der Waals surface area contributed by atoms with Crippen LogP contribution in [0.1, 0.15) is 22.8 Å². The number of benzene rings is 2. The molecule has 0 unspecified atom stereocenters. The first-order valence-corrected chi connectivity index (χ1v) is 8.48. The Balaban J connectivity index is 2.16. The standard InChI is InChI=1S/C19H17NO4S/c1-12(21)20(11-13-6-4-3-5-7-13)18-17(19(23)24-2)15-9-8-14(22)10-16(15)25-18/h3-10,22H,11H2,1-2H3. The molecule has 3 aromatic rings. The Kier molecular flexibility index (Phi) is 4.72. The Bertz CT molecular complexity index is 933. The molecule has 0 saturated carbocycles. The Morgan fingerprint density at radius 1 is 1.16 bits per heavy atom. The number of carbonyl (C=O) groups excluding carboxylic acids is 2. The molecule has 0 radical (unpaired) electrons. The third kappa shape index (κ3) is 3.34. The van der Waals surface area contributed by atoms with Crippen molar-refractivity contribution in [3.8, 4) is 5.75 Å². The number of aromatic hydroxyl groups is 1. The largest absolute Gasteiger partial charge is 0.508 e. The number of esters is 1. The van der Waals surface area contributed by atoms with E-state index in [-0.39, 0.29) is 11.7 Å². The molecule has 6 heteroatoms. The number of methoxy groups -OCH3 is 1. The van der Waals surface area contributed by atoms with E-state index in [0.29, 0.717) is 22.5 Å². The zero-order valence-electron chi connectivity index (χ0n) is 13.9. The minimum Gasteiger partial charge on any atom is -0.508 e. The van der Waals surface area contributed by atoms with Gasteiger partial charge in [0.2, 0.25) is 5.91 Å². The number of phenolic OH excluding ortho intramolecular Hbond substituents is 1. The lowest BCUT2D eigenvalue weighted by Gasteiger charge is -2.20. The third-order valence-corrected chi connectivity index (χ3v) is 5.03. The fourth-order valence-corrected chi connectivity index (χ4v) is 3.92. The van der Waals surface area contributed by atoms with Crippen molar-refractivity contribution in [3.63, 3.8) is 0 Å². The molecule has 1 heterocycles. The van der Waals surface area contributed by atoms with Crippen molar-refractivity contribution in [1.29, 1.82) is 0 Å². The molecule has 0 aliphatic rings. The van der Waals surface area contributed by atoms with Crippen LogP contribution in [0.15, 0.2) is 48.5 Å². The highest BCUT2D eigenvalue weighted by Crippen LogP contribution is 2.40. The molecule has 0 aliphatic heterocycles. The van der Waals surface area contributed by atoms with E-state index in [0.717, 1.165) is 10.3 Å². The fraction of sp³-hybridized carbons (Fsp3) is 0.158. The number of hydrogen-bond acceptors (Lipinski definition) is 5. The quantitative estimate of drug-likeness (QED) is 0.720. The second-order valence-corrected chi connectivity index (χ2v) is 6.58. The maximum Gasteiger partial charge on any atom is 0.341 e. The first-order valence-electron chi connectivity index (χ1n) is 7.67. The third-order valence-electron chi connectivity index (χ3n) is 3.85. The van der Waals surface area contributed by atoms with Gasteiger partial charge in [0.25, 0.3) is 0 Å². The zero-order chi connectivity index (χ0) is 18.0. The van der Waals surface area contributed by atoms with Crippen LogP contribution in [0.5, 0.6) is 5.75 Å². The number of amides is 1. The Morgan fingerprint density at radius 2 is 1.88 bits per heavy atom. The van der Waals surface area contributed by atoms with Crippen molar-refractivity contribution in [3.05, 3.63) is 59.7 Å². The van der Waals surface area contributed by atoms with Crippen LogP contribution >= 0.6 is 11.3 Å². The SMILES string of the molecule is COC(=O)c1c(N(Cc2ccccc2)C(C)=O)sc2cc(O)ccc12. The summed E-state index contributed by atoms with van der Waals surface area (Å²) in [6.45, 7) is 1.81. The number of fused-ring (bicyclic) bond motifs is 1. The van der Waals surface area contributed by atoms with Gasteiger partial charge < -0.3 is 9.84 Å². The van der Waals surface area contributed by atoms with E-state index in [1.165, 1.54) is 31.4 Å². The van der Waals surface area contributed by atoms with Crippen LogP contribution in [-0.4, -0.2) is 24.1 Å². The smallest absolute Gasteiger partial charge is 0.341 e. The number of thiophene rings is 1. The normalized spacial score (nSPS) is 10.6. The van der Waals surface area contributed by atoms with E-state index < -0.39 is 5.97 Å². The number of phenols is 1. The van der Waals surface area contributed by atoms with Crippen molar-refractivity contribution >= 4 is 38.3 Å². The van der Waals surface area contributed by atoms with Crippen LogP contribution in [0.2, 0.25) is 0 Å². The van der Waals surface area contributed by atoms with Gasteiger partial charge in [-0.05, 0) is 23.8 Å². The molecule has 1 amide bonds. The number of nitrogens with zero attached hydrogens (tertiary/aromatic N) is 1. The van der Waals surface area contributed by atoms with Gasteiger partial charge in [-0.1, -0.05) is 30.3 Å². The summed E-state index contributed by atoms with van der Waals surface area (Å²) in [4.78, 5) is 26.2. The van der Waals surface area contributed by atoms with Crippen molar-refractivity contribution in [2.75, 3.05) is 12.0 Å². The molecule has 1 aromatic heterocycles. The summed E-state index contributed by atoms with van der Waals surface area (Å²) < 4.78 is 5.64. The molecule has 25 heavy (non-hydrogen) atoms. The van der Waals surface area contributed by atoms with Gasteiger partial charge in [0.1, 0.15) is 16.3 Å². The summed E-state index contributed by atoms with van der Waals surface area (Å²) >= 11 is 1.28. The predicted molar refractivity (Wildman–Crippen MR) is 98.1 cm³/mol. The van der Waals surface area contributed by atoms with E-state index in [2.05, 4.69) is 0 Å². The van der Waals surface area contributed by atoms with Crippen LogP contribution < -0.4 is 4.90 Å². The highest BCUT2D eigenvalue weighted by molar-refractivity contribution is 7.23. The van der Waals surface area contributed by atoms with Crippen molar-refractivity contribution in [1.82, 2.24) is 0 Å². The summed E-state index contributed by atoms with van der Waals surface area (Å²) in [7, 11) is 1.31. The van der Waals surface area contributed by atoms with Gasteiger partial charge >= 0.3 is 5.97 Å². The summed E-state index contributed by atoms with van der Waals surface area (Å²) in [6.07, 6.45) is 0. The summed E-state index contributed by atoms with van der Waals surface area (Å²) in [5.74, 6) is -0.579. The monoisotopic (exact) mass is 355 g/mol. The van der Waals surface area contributed by atoms with Gasteiger partial charge in [-0.15, -0.1) is 11.3 Å². The van der Waals surface area contributed by atoms with Crippen molar-refractivity contribution in [2.45, 2.75) is 13.5 Å². The number of hydrogen-bond donors (Lipinski definition) is 1. The van der Waals surface area contributed by atoms with Gasteiger partial charge in [0.05, 0.1) is 13.7 Å². The molecule has 128 valence electrons. The number of anilines is 1. The molecular formula is C19H17NO4S. The van der Waals surface area contributed by atoms with E-state index in [9.17, 15) is 14.7 Å². The van der Waals surface area contributed by atoms with Gasteiger partial charge in [-0.3, -0.25) is 9.69 Å². The minimum absolute atomic E-state index is 0.106. The second kappa shape index (κ2) is 6.94. The van der Waals surface area contributed by atoms with Crippen LogP contribution in [0.25, 0.3) is 10.1 Å². The molecule has 3 rings (SSSR count). The van der Waals surface area contributed by atoms with Crippen LogP contribution in [0.3, 0.4) is 0 Å². The zero-order valence-corrected chi connectivity index (χ0v) is 14.7. The summed E-state index contributed by atoms with van der Waals surface area (Å²) in [6, 6.07) is 14.3. The average Bonchev–Trinajstić information content (AvgIpc) is 2.97. The first-order chi connectivity index (χ1) is 12.0. The van der Waals surface area contributed by atoms with E-state index in [1.54, 1.807) is 17.0 Å². The van der Waals surface area contributed by atoms with Crippen LogP contribution in [0.4, 0.5) is 5.00 Å². The summed E-state index contributed by atoms with van der Waals surface area (Å²) in [5.41, 5.74) is 1.29. The molecule has 5 nitrogen and oxygen atoms in total. The van der Waals surface area contributed by atoms with E-state index >= 15 is 0 Å². The highest BCUT2D eigenvalue weighted by Gasteiger charge is 2.26. The van der Waals surface area contributed by atoms with Crippen molar-refractivity contribution < 1.29 is 19.4 Å². The molecule has 0 atom stereocenters. The summed E-state index contributed by atoms with van der Waals surface area (Å²) in [5, 5.41) is 10.9. The number of rotatable bonds is 4. The van der Waals surface area contributed by atoms with Gasteiger partial charge in [-0.25, -0.2) is 4.79 Å². The van der Waals surface area contributed by atoms with Gasteiger partial charge in [-0.2, -0.15) is 0 Å². The van der Waals surface area contributed by atoms with Crippen molar-refractivity contribution in [2.24, 2.45) is 0 Å².